The summed E-state index contributed by atoms with van der Waals surface area (Å²) in [5.74, 6) is -1.45. The highest BCUT2D eigenvalue weighted by Crippen LogP contribution is 2.31. The lowest BCUT2D eigenvalue weighted by Gasteiger charge is -2.40. The van der Waals surface area contributed by atoms with Crippen molar-refractivity contribution in [3.05, 3.63) is 0 Å². The molecule has 0 radical (unpaired) electrons. The highest BCUT2D eigenvalue weighted by atomic mass is 16.5. The number of rotatable bonds is 4. The molecule has 0 aromatic heterocycles. The van der Waals surface area contributed by atoms with E-state index in [1.165, 1.54) is 0 Å². The summed E-state index contributed by atoms with van der Waals surface area (Å²) in [6.45, 7) is 6.50. The minimum atomic E-state index is -0.884. The van der Waals surface area contributed by atoms with Crippen molar-refractivity contribution in [1.29, 1.82) is 0 Å². The summed E-state index contributed by atoms with van der Waals surface area (Å²) in [5.41, 5.74) is -0.431. The van der Waals surface area contributed by atoms with Crippen molar-refractivity contribution in [2.24, 2.45) is 11.3 Å². The maximum Gasteiger partial charge on any atom is 0.311 e. The number of aliphatic carboxylic acids is 1. The van der Waals surface area contributed by atoms with Crippen LogP contribution in [0.5, 0.6) is 0 Å². The van der Waals surface area contributed by atoms with Gasteiger partial charge < -0.3 is 20.1 Å². The molecule has 3 unspecified atom stereocenters. The van der Waals surface area contributed by atoms with Crippen LogP contribution in [0.15, 0.2) is 0 Å². The summed E-state index contributed by atoms with van der Waals surface area (Å²) >= 11 is 0. The summed E-state index contributed by atoms with van der Waals surface area (Å²) in [6, 6.07) is -0.344. The summed E-state index contributed by atoms with van der Waals surface area (Å²) in [4.78, 5) is 25.8. The van der Waals surface area contributed by atoms with Crippen molar-refractivity contribution in [2.75, 3.05) is 32.8 Å². The largest absolute Gasteiger partial charge is 0.481 e. The molecule has 6 heteroatoms. The molecule has 1 amide bonds. The van der Waals surface area contributed by atoms with Crippen LogP contribution in [0.2, 0.25) is 0 Å². The molecule has 0 aromatic carbocycles. The Hall–Kier alpha value is -1.14. The summed E-state index contributed by atoms with van der Waals surface area (Å²) in [6.07, 6.45) is 1.82. The first-order chi connectivity index (χ1) is 9.49. The van der Waals surface area contributed by atoms with E-state index in [9.17, 15) is 14.7 Å². The number of carbonyl (C=O) groups is 2. The third-order valence-corrected chi connectivity index (χ3v) is 4.48. The van der Waals surface area contributed by atoms with Crippen LogP contribution in [0, 0.1) is 11.3 Å². The lowest BCUT2D eigenvalue weighted by Crippen LogP contribution is -2.55. The molecule has 3 atom stereocenters. The predicted molar refractivity (Wildman–Crippen MR) is 73.3 cm³/mol. The van der Waals surface area contributed by atoms with Crippen LogP contribution < -0.4 is 5.32 Å². The number of hydrogen-bond donors (Lipinski definition) is 2. The molecule has 2 N–H and O–H groups in total. The van der Waals surface area contributed by atoms with Crippen LogP contribution in [-0.2, 0) is 14.3 Å². The SMILES string of the molecule is CCN(C(=O)C1(C)CCCNC1)C1COCC1C(=O)O. The predicted octanol–water partition coefficient (Wildman–Crippen LogP) is 0.324. The van der Waals surface area contributed by atoms with Gasteiger partial charge in [0.1, 0.15) is 5.92 Å². The van der Waals surface area contributed by atoms with Gasteiger partial charge in [0.15, 0.2) is 0 Å². The third-order valence-electron chi connectivity index (χ3n) is 4.48. The molecular weight excluding hydrogens is 260 g/mol. The fourth-order valence-electron chi connectivity index (χ4n) is 3.20. The first kappa shape index (κ1) is 15.3. The van der Waals surface area contributed by atoms with Gasteiger partial charge in [-0.1, -0.05) is 0 Å². The van der Waals surface area contributed by atoms with Gasteiger partial charge in [-0.15, -0.1) is 0 Å². The number of carboxylic acids is 1. The number of amides is 1. The molecule has 2 aliphatic rings. The van der Waals surface area contributed by atoms with Crippen LogP contribution in [0.1, 0.15) is 26.7 Å². The summed E-state index contributed by atoms with van der Waals surface area (Å²) in [7, 11) is 0. The Balaban J connectivity index is 2.14. The van der Waals surface area contributed by atoms with E-state index in [0.717, 1.165) is 19.4 Å². The van der Waals surface area contributed by atoms with Gasteiger partial charge in [0, 0.05) is 13.1 Å². The van der Waals surface area contributed by atoms with E-state index in [2.05, 4.69) is 5.32 Å². The number of hydrogen-bond acceptors (Lipinski definition) is 4. The molecule has 2 aliphatic heterocycles. The van der Waals surface area contributed by atoms with E-state index >= 15 is 0 Å². The molecule has 2 fully saturated rings. The van der Waals surface area contributed by atoms with Gasteiger partial charge in [-0.3, -0.25) is 9.59 Å². The molecule has 20 heavy (non-hydrogen) atoms. The zero-order chi connectivity index (χ0) is 14.8. The molecule has 114 valence electrons. The fraction of sp³-hybridized carbons (Fsp3) is 0.857. The number of ether oxygens (including phenoxy) is 1. The normalized spacial score (nSPS) is 33.9. The summed E-state index contributed by atoms with van der Waals surface area (Å²) < 4.78 is 5.29. The number of carboxylic acid groups (broad SMARTS) is 1. The Morgan fingerprint density at radius 3 is 2.75 bits per heavy atom. The van der Waals surface area contributed by atoms with Gasteiger partial charge in [0.05, 0.1) is 24.7 Å². The van der Waals surface area contributed by atoms with Gasteiger partial charge in [0.2, 0.25) is 5.91 Å². The topological polar surface area (TPSA) is 78.9 Å². The second kappa shape index (κ2) is 6.10. The van der Waals surface area contributed by atoms with Gasteiger partial charge in [-0.2, -0.15) is 0 Å². The lowest BCUT2D eigenvalue weighted by molar-refractivity contribution is -0.149. The Morgan fingerprint density at radius 2 is 2.20 bits per heavy atom. The molecule has 2 saturated heterocycles. The quantitative estimate of drug-likeness (QED) is 0.777. The van der Waals surface area contributed by atoms with E-state index in [4.69, 9.17) is 4.74 Å². The van der Waals surface area contributed by atoms with Crippen molar-refractivity contribution in [3.63, 3.8) is 0 Å². The lowest BCUT2D eigenvalue weighted by atomic mass is 9.80. The highest BCUT2D eigenvalue weighted by Gasteiger charge is 2.44. The number of nitrogens with zero attached hydrogens (tertiary/aromatic N) is 1. The number of likely N-dealkylation sites (N-methyl/N-ethyl adjacent to an activating group) is 1. The molecule has 0 bridgehead atoms. The van der Waals surface area contributed by atoms with E-state index in [1.54, 1.807) is 4.90 Å². The minimum absolute atomic E-state index is 0.0500. The fourth-order valence-corrected chi connectivity index (χ4v) is 3.20. The zero-order valence-corrected chi connectivity index (χ0v) is 12.2. The first-order valence-electron chi connectivity index (χ1n) is 7.32. The summed E-state index contributed by atoms with van der Waals surface area (Å²) in [5, 5.41) is 12.5. The third kappa shape index (κ3) is 2.81. The highest BCUT2D eigenvalue weighted by molar-refractivity contribution is 5.84. The minimum Gasteiger partial charge on any atom is -0.481 e. The van der Waals surface area contributed by atoms with Gasteiger partial charge >= 0.3 is 5.97 Å². The van der Waals surface area contributed by atoms with Crippen molar-refractivity contribution in [1.82, 2.24) is 10.2 Å². The van der Waals surface area contributed by atoms with Gasteiger partial charge in [-0.25, -0.2) is 0 Å². The van der Waals surface area contributed by atoms with Crippen LogP contribution >= 0.6 is 0 Å². The van der Waals surface area contributed by atoms with E-state index in [0.29, 0.717) is 19.7 Å². The molecular formula is C14H24N2O4. The molecule has 2 heterocycles. The second-order valence-corrected chi connectivity index (χ2v) is 5.98. The molecule has 6 nitrogen and oxygen atoms in total. The first-order valence-corrected chi connectivity index (χ1v) is 7.32. The average molecular weight is 284 g/mol. The standard InChI is InChI=1S/C14H24N2O4/c1-3-16(11-8-20-7-10(11)12(17)18)13(19)14(2)5-4-6-15-9-14/h10-11,15H,3-9H2,1-2H3,(H,17,18). The monoisotopic (exact) mass is 284 g/mol. The van der Waals surface area contributed by atoms with Crippen LogP contribution in [0.3, 0.4) is 0 Å². The van der Waals surface area contributed by atoms with E-state index in [1.807, 2.05) is 13.8 Å². The van der Waals surface area contributed by atoms with Crippen LogP contribution in [0.4, 0.5) is 0 Å². The maximum atomic E-state index is 12.8. The average Bonchev–Trinajstić information content (AvgIpc) is 2.90. The smallest absolute Gasteiger partial charge is 0.311 e. The molecule has 0 aromatic rings. The van der Waals surface area contributed by atoms with E-state index in [-0.39, 0.29) is 18.6 Å². The van der Waals surface area contributed by atoms with Crippen molar-refractivity contribution in [3.8, 4) is 0 Å². The van der Waals surface area contributed by atoms with Crippen molar-refractivity contribution >= 4 is 11.9 Å². The Morgan fingerprint density at radius 1 is 1.45 bits per heavy atom. The Labute approximate surface area is 119 Å². The molecule has 0 saturated carbocycles. The van der Waals surface area contributed by atoms with Crippen LogP contribution in [0.25, 0.3) is 0 Å². The van der Waals surface area contributed by atoms with Gasteiger partial charge in [-0.05, 0) is 33.2 Å². The zero-order valence-electron chi connectivity index (χ0n) is 12.2. The molecule has 0 spiro atoms. The van der Waals surface area contributed by atoms with Crippen molar-refractivity contribution < 1.29 is 19.4 Å². The maximum absolute atomic E-state index is 12.8. The molecule has 0 aliphatic carbocycles. The number of carbonyl (C=O) groups excluding carboxylic acids is 1. The number of piperidine rings is 1. The number of nitrogens with one attached hydrogen (secondary N) is 1. The van der Waals surface area contributed by atoms with E-state index < -0.39 is 17.3 Å². The Bertz CT molecular complexity index is 379. The molecule has 2 rings (SSSR count). The Kier molecular flexibility index (Phi) is 4.65. The van der Waals surface area contributed by atoms with Gasteiger partial charge in [0.25, 0.3) is 0 Å². The second-order valence-electron chi connectivity index (χ2n) is 5.98. The van der Waals surface area contributed by atoms with Crippen LogP contribution in [-0.4, -0.2) is 60.8 Å². The van der Waals surface area contributed by atoms with Crippen molar-refractivity contribution in [2.45, 2.75) is 32.7 Å².